The third kappa shape index (κ3) is 3.24. The zero-order valence-corrected chi connectivity index (χ0v) is 14.4. The number of benzene rings is 1. The predicted molar refractivity (Wildman–Crippen MR) is 97.5 cm³/mol. The second-order valence-electron chi connectivity index (χ2n) is 6.83. The maximum atomic E-state index is 12.7. The van der Waals surface area contributed by atoms with Crippen LogP contribution in [0.4, 0.5) is 10.6 Å². The highest BCUT2D eigenvalue weighted by atomic mass is 16.5. The normalized spacial score (nSPS) is 22.5. The third-order valence-corrected chi connectivity index (χ3v) is 5.21. The Morgan fingerprint density at radius 1 is 1.20 bits per heavy atom. The molecule has 2 aliphatic rings. The number of nitrogens with zero attached hydrogens (tertiary/aromatic N) is 2. The summed E-state index contributed by atoms with van der Waals surface area (Å²) in [6, 6.07) is 14.2. The van der Waals surface area contributed by atoms with Crippen LogP contribution in [-0.2, 0) is 4.74 Å². The van der Waals surface area contributed by atoms with Gasteiger partial charge in [-0.05, 0) is 37.5 Å². The van der Waals surface area contributed by atoms with Crippen molar-refractivity contribution < 1.29 is 9.53 Å². The van der Waals surface area contributed by atoms with Crippen LogP contribution in [-0.4, -0.2) is 41.7 Å². The molecule has 0 aliphatic carbocycles. The van der Waals surface area contributed by atoms with Crippen LogP contribution in [0.5, 0.6) is 0 Å². The maximum absolute atomic E-state index is 12.7. The number of pyridine rings is 1. The number of ether oxygens (including phenoxy) is 1. The number of fused-ring (bicyclic) bond motifs is 1. The van der Waals surface area contributed by atoms with E-state index >= 15 is 0 Å². The highest BCUT2D eigenvalue weighted by Crippen LogP contribution is 2.29. The lowest BCUT2D eigenvalue weighted by Gasteiger charge is -2.36. The number of carbonyl (C=O) groups is 1. The topological polar surface area (TPSA) is 54.5 Å². The van der Waals surface area contributed by atoms with Gasteiger partial charge < -0.3 is 9.64 Å². The molecule has 5 heteroatoms. The maximum Gasteiger partial charge on any atom is 0.323 e. The number of hydrogen-bond donors (Lipinski definition) is 1. The fourth-order valence-corrected chi connectivity index (χ4v) is 3.88. The smallest absolute Gasteiger partial charge is 0.323 e. The van der Waals surface area contributed by atoms with Gasteiger partial charge in [0.05, 0.1) is 19.3 Å². The first-order chi connectivity index (χ1) is 12.2. The van der Waals surface area contributed by atoms with Crippen molar-refractivity contribution in [2.75, 3.05) is 25.1 Å². The first-order valence-corrected chi connectivity index (χ1v) is 8.91. The van der Waals surface area contributed by atoms with E-state index in [-0.39, 0.29) is 12.1 Å². The van der Waals surface area contributed by atoms with Crippen molar-refractivity contribution in [3.63, 3.8) is 0 Å². The van der Waals surface area contributed by atoms with Gasteiger partial charge in [-0.15, -0.1) is 0 Å². The number of rotatable bonds is 2. The Labute approximate surface area is 148 Å². The molecule has 0 unspecified atom stereocenters. The van der Waals surface area contributed by atoms with Gasteiger partial charge in [0.25, 0.3) is 0 Å². The monoisotopic (exact) mass is 337 g/mol. The molecule has 5 nitrogen and oxygen atoms in total. The first-order valence-electron chi connectivity index (χ1n) is 8.91. The molecule has 2 atom stereocenters. The molecule has 3 heterocycles. The molecule has 0 saturated carbocycles. The molecule has 4 rings (SSSR count). The van der Waals surface area contributed by atoms with Crippen LogP contribution >= 0.6 is 0 Å². The van der Waals surface area contributed by atoms with Crippen LogP contribution < -0.4 is 5.32 Å². The van der Waals surface area contributed by atoms with Gasteiger partial charge in [-0.3, -0.25) is 5.32 Å². The third-order valence-electron chi connectivity index (χ3n) is 5.21. The van der Waals surface area contributed by atoms with Crippen LogP contribution in [0.3, 0.4) is 0 Å². The van der Waals surface area contributed by atoms with Gasteiger partial charge >= 0.3 is 6.03 Å². The second-order valence-corrected chi connectivity index (χ2v) is 6.83. The van der Waals surface area contributed by atoms with Crippen LogP contribution in [0, 0.1) is 12.8 Å². The Kier molecular flexibility index (Phi) is 4.40. The molecule has 0 radical (unpaired) electrons. The van der Waals surface area contributed by atoms with Gasteiger partial charge in [0.15, 0.2) is 0 Å². The summed E-state index contributed by atoms with van der Waals surface area (Å²) in [7, 11) is 0. The fraction of sp³-hybridized carbons (Fsp3) is 0.400. The molecule has 2 aromatic rings. The standard InChI is InChI=1S/C20H23N3O2/c1-14-17(15-6-3-2-4-7-15)9-10-19(21-14)22-20(24)23-11-5-8-16-12-25-13-18(16)23/h2-4,6-7,9-10,16,18H,5,8,11-13H2,1H3,(H,21,22,24)/t16-,18+/m1/s1. The zero-order chi connectivity index (χ0) is 17.2. The summed E-state index contributed by atoms with van der Waals surface area (Å²) < 4.78 is 5.57. The molecule has 1 aromatic heterocycles. The largest absolute Gasteiger partial charge is 0.379 e. The minimum Gasteiger partial charge on any atom is -0.379 e. The Balaban J connectivity index is 1.49. The molecule has 2 saturated heterocycles. The van der Waals surface area contributed by atoms with Crippen LogP contribution in [0.15, 0.2) is 42.5 Å². The molecule has 25 heavy (non-hydrogen) atoms. The van der Waals surface area contributed by atoms with Crippen molar-refractivity contribution in [1.82, 2.24) is 9.88 Å². The van der Waals surface area contributed by atoms with Crippen molar-refractivity contribution >= 4 is 11.8 Å². The lowest BCUT2D eigenvalue weighted by atomic mass is 9.92. The molecular weight excluding hydrogens is 314 g/mol. The zero-order valence-electron chi connectivity index (χ0n) is 14.4. The quantitative estimate of drug-likeness (QED) is 0.909. The van der Waals surface area contributed by atoms with E-state index in [1.807, 2.05) is 42.2 Å². The number of nitrogens with one attached hydrogen (secondary N) is 1. The Bertz CT molecular complexity index is 763. The molecule has 0 spiro atoms. The van der Waals surface area contributed by atoms with E-state index < -0.39 is 0 Å². The van der Waals surface area contributed by atoms with E-state index in [4.69, 9.17) is 4.74 Å². The number of piperidine rings is 1. The van der Waals surface area contributed by atoms with Crippen molar-refractivity contribution in [1.29, 1.82) is 0 Å². The van der Waals surface area contributed by atoms with Crippen LogP contribution in [0.1, 0.15) is 18.5 Å². The summed E-state index contributed by atoms with van der Waals surface area (Å²) in [6.07, 6.45) is 2.19. The number of anilines is 1. The van der Waals surface area contributed by atoms with E-state index in [0.717, 1.165) is 42.8 Å². The summed E-state index contributed by atoms with van der Waals surface area (Å²) in [5.41, 5.74) is 3.12. The van der Waals surface area contributed by atoms with E-state index in [1.54, 1.807) is 0 Å². The van der Waals surface area contributed by atoms with E-state index in [1.165, 1.54) is 0 Å². The molecule has 1 N–H and O–H groups in total. The number of urea groups is 1. The van der Waals surface area contributed by atoms with E-state index in [0.29, 0.717) is 18.3 Å². The van der Waals surface area contributed by atoms with Crippen molar-refractivity contribution in [2.24, 2.45) is 5.92 Å². The van der Waals surface area contributed by atoms with Gasteiger partial charge in [-0.25, -0.2) is 9.78 Å². The highest BCUT2D eigenvalue weighted by Gasteiger charge is 2.38. The molecule has 1 aromatic carbocycles. The van der Waals surface area contributed by atoms with Gasteiger partial charge in [-0.1, -0.05) is 30.3 Å². The Hall–Kier alpha value is -2.40. The van der Waals surface area contributed by atoms with Gasteiger partial charge in [-0.2, -0.15) is 0 Å². The summed E-state index contributed by atoms with van der Waals surface area (Å²) in [4.78, 5) is 19.2. The first kappa shape index (κ1) is 16.1. The Morgan fingerprint density at radius 3 is 2.84 bits per heavy atom. The molecular formula is C20H23N3O2. The summed E-state index contributed by atoms with van der Waals surface area (Å²) in [5, 5.41) is 2.96. The molecule has 130 valence electrons. The number of carbonyl (C=O) groups excluding carboxylic acids is 1. The van der Waals surface area contributed by atoms with Crippen molar-refractivity contribution in [3.05, 3.63) is 48.2 Å². The van der Waals surface area contributed by atoms with Crippen LogP contribution in [0.25, 0.3) is 11.1 Å². The number of hydrogen-bond acceptors (Lipinski definition) is 3. The highest BCUT2D eigenvalue weighted by molar-refractivity contribution is 5.89. The van der Waals surface area contributed by atoms with Gasteiger partial charge in [0.2, 0.25) is 0 Å². The van der Waals surface area contributed by atoms with Crippen molar-refractivity contribution in [2.45, 2.75) is 25.8 Å². The Morgan fingerprint density at radius 2 is 2.04 bits per heavy atom. The van der Waals surface area contributed by atoms with E-state index in [2.05, 4.69) is 22.4 Å². The van der Waals surface area contributed by atoms with Crippen LogP contribution in [0.2, 0.25) is 0 Å². The second kappa shape index (κ2) is 6.84. The minimum absolute atomic E-state index is 0.0699. The number of likely N-dealkylation sites (tertiary alicyclic amines) is 1. The lowest BCUT2D eigenvalue weighted by molar-refractivity contribution is 0.140. The molecule has 2 aliphatic heterocycles. The average molecular weight is 337 g/mol. The average Bonchev–Trinajstić information content (AvgIpc) is 3.11. The molecule has 2 amide bonds. The fourth-order valence-electron chi connectivity index (χ4n) is 3.88. The summed E-state index contributed by atoms with van der Waals surface area (Å²) in [6.45, 7) is 4.19. The van der Waals surface area contributed by atoms with Gasteiger partial charge in [0.1, 0.15) is 5.82 Å². The lowest BCUT2D eigenvalue weighted by Crippen LogP contribution is -2.49. The number of amides is 2. The van der Waals surface area contributed by atoms with Crippen molar-refractivity contribution in [3.8, 4) is 11.1 Å². The number of aromatic nitrogens is 1. The summed E-state index contributed by atoms with van der Waals surface area (Å²) >= 11 is 0. The molecule has 2 fully saturated rings. The molecule has 0 bridgehead atoms. The number of aryl methyl sites for hydroxylation is 1. The predicted octanol–water partition coefficient (Wildman–Crippen LogP) is 3.70. The summed E-state index contributed by atoms with van der Waals surface area (Å²) in [5.74, 6) is 1.08. The SMILES string of the molecule is Cc1nc(NC(=O)N2CCC[C@@H]3COC[C@@H]32)ccc1-c1ccccc1. The minimum atomic E-state index is -0.0699. The van der Waals surface area contributed by atoms with E-state index in [9.17, 15) is 4.79 Å². The van der Waals surface area contributed by atoms with Gasteiger partial charge in [0, 0.05) is 23.7 Å².